The number of nitrogens with one attached hydrogen (secondary N) is 1. The number of carbonyl (C=O) groups is 2. The third kappa shape index (κ3) is 40.5. The summed E-state index contributed by atoms with van der Waals surface area (Å²) in [4.78, 5) is 26.5. The van der Waals surface area contributed by atoms with E-state index in [-0.39, 0.29) is 19.4 Å². The van der Waals surface area contributed by atoms with Gasteiger partial charge in [0.1, 0.15) is 24.4 Å². The second-order valence-corrected chi connectivity index (χ2v) is 21.8. The minimum Gasteiger partial charge on any atom is -0.454 e. The highest BCUT2D eigenvalue weighted by Crippen LogP contribution is 2.26. The summed E-state index contributed by atoms with van der Waals surface area (Å²) < 4.78 is 17.6. The number of hydrogen-bond acceptors (Lipinski definition) is 10. The van der Waals surface area contributed by atoms with Gasteiger partial charge in [0, 0.05) is 6.42 Å². The first-order chi connectivity index (χ1) is 36.7. The van der Waals surface area contributed by atoms with E-state index in [4.69, 9.17) is 14.2 Å². The SMILES string of the molecule is CCCCC/C=C\C/C=C\CCCCCCCCCCCCCCCC(=O)OC1C(OCC(NC(=O)C(O)CCCC/C=C\CCCCCCCC)C(O)/C=C/CCCCCCCCCCC)OC(CO)C(O)C1O. The molecule has 11 heteroatoms. The van der Waals surface area contributed by atoms with Crippen molar-refractivity contribution in [3.63, 3.8) is 0 Å². The second-order valence-electron chi connectivity index (χ2n) is 21.8. The van der Waals surface area contributed by atoms with E-state index in [2.05, 4.69) is 62.5 Å². The molecule has 1 amide bonds. The molecule has 0 radical (unpaired) electrons. The van der Waals surface area contributed by atoms with Crippen LogP contribution in [0.2, 0.25) is 0 Å². The summed E-state index contributed by atoms with van der Waals surface area (Å²) in [5, 5.41) is 56.9. The Bertz CT molecular complexity index is 1400. The highest BCUT2D eigenvalue weighted by Gasteiger charge is 2.47. The highest BCUT2D eigenvalue weighted by atomic mass is 16.7. The zero-order valence-electron chi connectivity index (χ0n) is 48.4. The Morgan fingerprint density at radius 2 is 0.920 bits per heavy atom. The quantitative estimate of drug-likeness (QED) is 0.0195. The lowest BCUT2D eigenvalue weighted by atomic mass is 9.99. The second kappa shape index (κ2) is 52.3. The van der Waals surface area contributed by atoms with Crippen molar-refractivity contribution in [2.75, 3.05) is 13.2 Å². The maximum atomic E-state index is 13.4. The molecule has 8 atom stereocenters. The van der Waals surface area contributed by atoms with Crippen LogP contribution in [-0.2, 0) is 23.8 Å². The van der Waals surface area contributed by atoms with Crippen LogP contribution < -0.4 is 5.32 Å². The molecule has 1 aliphatic heterocycles. The van der Waals surface area contributed by atoms with Gasteiger partial charge in [0.25, 0.3) is 0 Å². The molecule has 6 N–H and O–H groups in total. The van der Waals surface area contributed by atoms with E-state index in [9.17, 15) is 35.1 Å². The molecule has 0 aromatic rings. The summed E-state index contributed by atoms with van der Waals surface area (Å²) in [6, 6.07) is -1.03. The van der Waals surface area contributed by atoms with Crippen molar-refractivity contribution in [1.82, 2.24) is 5.32 Å². The van der Waals surface area contributed by atoms with Gasteiger partial charge in [0.2, 0.25) is 5.91 Å². The van der Waals surface area contributed by atoms with E-state index >= 15 is 0 Å². The van der Waals surface area contributed by atoms with E-state index in [1.54, 1.807) is 6.08 Å². The average molecular weight is 1060 g/mol. The molecule has 0 saturated carbocycles. The molecule has 1 rings (SSSR count). The first-order valence-corrected chi connectivity index (χ1v) is 31.4. The fraction of sp³-hybridized carbons (Fsp3) is 0.844. The third-order valence-electron chi connectivity index (χ3n) is 14.7. The molecule has 1 heterocycles. The number of allylic oxidation sites excluding steroid dienone is 7. The molecule has 0 spiro atoms. The van der Waals surface area contributed by atoms with Gasteiger partial charge in [0.15, 0.2) is 12.4 Å². The summed E-state index contributed by atoms with van der Waals surface area (Å²) in [6.07, 6.45) is 53.0. The Balaban J connectivity index is 2.60. The molecule has 1 aliphatic rings. The van der Waals surface area contributed by atoms with E-state index in [1.165, 1.54) is 173 Å². The topological polar surface area (TPSA) is 175 Å². The molecule has 1 saturated heterocycles. The number of rotatable bonds is 53. The van der Waals surface area contributed by atoms with Crippen molar-refractivity contribution in [3.05, 3.63) is 48.6 Å². The van der Waals surface area contributed by atoms with Crippen LogP contribution in [0.1, 0.15) is 284 Å². The molecular weight excluding hydrogens is 943 g/mol. The molecule has 11 nitrogen and oxygen atoms in total. The van der Waals surface area contributed by atoms with Crippen LogP contribution in [0.4, 0.5) is 0 Å². The third-order valence-corrected chi connectivity index (χ3v) is 14.7. The highest BCUT2D eigenvalue weighted by molar-refractivity contribution is 5.80. The zero-order chi connectivity index (χ0) is 54.7. The van der Waals surface area contributed by atoms with Crippen molar-refractivity contribution in [2.45, 2.75) is 333 Å². The summed E-state index contributed by atoms with van der Waals surface area (Å²) in [5.74, 6) is -1.21. The van der Waals surface area contributed by atoms with Crippen LogP contribution >= 0.6 is 0 Å². The van der Waals surface area contributed by atoms with E-state index in [1.807, 2.05) is 6.08 Å². The monoisotopic (exact) mass is 1060 g/mol. The van der Waals surface area contributed by atoms with Gasteiger partial charge < -0.3 is 45.1 Å². The van der Waals surface area contributed by atoms with Gasteiger partial charge in [-0.1, -0.05) is 243 Å². The largest absolute Gasteiger partial charge is 0.454 e. The molecule has 75 heavy (non-hydrogen) atoms. The number of carbonyl (C=O) groups excluding carboxylic acids is 2. The summed E-state index contributed by atoms with van der Waals surface area (Å²) >= 11 is 0. The van der Waals surface area contributed by atoms with Crippen molar-refractivity contribution >= 4 is 11.9 Å². The Labute approximate surface area is 459 Å². The zero-order valence-corrected chi connectivity index (χ0v) is 48.4. The first-order valence-electron chi connectivity index (χ1n) is 31.4. The lowest BCUT2D eigenvalue weighted by Crippen LogP contribution is -2.61. The van der Waals surface area contributed by atoms with Gasteiger partial charge in [-0.3, -0.25) is 9.59 Å². The number of aliphatic hydroxyl groups is 5. The Hall–Kier alpha value is -2.38. The van der Waals surface area contributed by atoms with Crippen molar-refractivity contribution in [3.8, 4) is 0 Å². The number of ether oxygens (including phenoxy) is 3. The fourth-order valence-corrected chi connectivity index (χ4v) is 9.68. The number of unbranched alkanes of at least 4 members (excludes halogenated alkanes) is 33. The molecule has 0 aliphatic carbocycles. The average Bonchev–Trinajstić information content (AvgIpc) is 3.41. The minimum atomic E-state index is -1.61. The normalized spacial score (nSPS) is 19.5. The molecule has 0 bridgehead atoms. The summed E-state index contributed by atoms with van der Waals surface area (Å²) in [5.41, 5.74) is 0. The summed E-state index contributed by atoms with van der Waals surface area (Å²) in [7, 11) is 0. The molecule has 1 fully saturated rings. The smallest absolute Gasteiger partial charge is 0.306 e. The van der Waals surface area contributed by atoms with E-state index in [0.717, 1.165) is 64.2 Å². The minimum absolute atomic E-state index is 0.122. The molecule has 438 valence electrons. The Morgan fingerprint density at radius 1 is 0.520 bits per heavy atom. The number of hydrogen-bond donors (Lipinski definition) is 6. The van der Waals surface area contributed by atoms with Crippen LogP contribution in [0.3, 0.4) is 0 Å². The van der Waals surface area contributed by atoms with Crippen LogP contribution in [-0.4, -0.2) is 99.6 Å². The molecule has 0 aromatic carbocycles. The Kier molecular flexibility index (Phi) is 49.3. The van der Waals surface area contributed by atoms with Crippen LogP contribution in [0, 0.1) is 0 Å². The van der Waals surface area contributed by atoms with E-state index < -0.39 is 67.4 Å². The number of aliphatic hydroxyl groups excluding tert-OH is 5. The van der Waals surface area contributed by atoms with Gasteiger partial charge in [-0.25, -0.2) is 0 Å². The van der Waals surface area contributed by atoms with Gasteiger partial charge in [-0.05, 0) is 83.5 Å². The van der Waals surface area contributed by atoms with Gasteiger partial charge in [0.05, 0.1) is 25.4 Å². The number of esters is 1. The lowest BCUT2D eigenvalue weighted by molar-refractivity contribution is -0.305. The maximum absolute atomic E-state index is 13.4. The van der Waals surface area contributed by atoms with Gasteiger partial charge >= 0.3 is 5.97 Å². The Morgan fingerprint density at radius 3 is 1.40 bits per heavy atom. The van der Waals surface area contributed by atoms with Crippen LogP contribution in [0.25, 0.3) is 0 Å². The number of amides is 1. The van der Waals surface area contributed by atoms with Gasteiger partial charge in [-0.15, -0.1) is 0 Å². The predicted molar refractivity (Wildman–Crippen MR) is 310 cm³/mol. The molecule has 8 unspecified atom stereocenters. The van der Waals surface area contributed by atoms with Crippen molar-refractivity contribution < 1.29 is 49.3 Å². The fourth-order valence-electron chi connectivity index (χ4n) is 9.68. The standard InChI is InChI=1S/C64H117NO10/c1-4-7-10-13-16-19-22-24-25-26-27-28-29-30-31-32-33-34-37-40-43-46-49-52-59(69)75-62-61(71)60(70)58(53-66)74-64(62)73-54-55(56(67)50-47-44-41-38-35-21-18-15-12-9-6-3)65-63(72)57(68)51-48-45-42-39-36-23-20-17-14-11-8-5-2/h16,19,24-25,36,39,47,50,55-58,60-62,64,66-68,70-71H,4-15,17-18,20-23,26-35,37-38,40-46,48-49,51-54H2,1-3H3,(H,65,72)/b19-16-,25-24-,39-36-,50-47+. The van der Waals surface area contributed by atoms with Gasteiger partial charge in [-0.2, -0.15) is 0 Å². The van der Waals surface area contributed by atoms with Crippen molar-refractivity contribution in [1.29, 1.82) is 0 Å². The molecule has 0 aromatic heterocycles. The van der Waals surface area contributed by atoms with E-state index in [0.29, 0.717) is 12.8 Å². The summed E-state index contributed by atoms with van der Waals surface area (Å²) in [6.45, 7) is 5.74. The molecular formula is C64H117NO10. The van der Waals surface area contributed by atoms with Crippen molar-refractivity contribution in [2.24, 2.45) is 0 Å². The van der Waals surface area contributed by atoms with Crippen LogP contribution in [0.5, 0.6) is 0 Å². The first kappa shape index (κ1) is 70.6. The maximum Gasteiger partial charge on any atom is 0.306 e. The van der Waals surface area contributed by atoms with Crippen LogP contribution in [0.15, 0.2) is 48.6 Å². The predicted octanol–water partition coefficient (Wildman–Crippen LogP) is 14.8. The lowest BCUT2D eigenvalue weighted by Gasteiger charge is -2.41.